The number of thioether (sulfide) groups is 1. The first kappa shape index (κ1) is 20.1. The summed E-state index contributed by atoms with van der Waals surface area (Å²) in [5.41, 5.74) is 2.47. The summed E-state index contributed by atoms with van der Waals surface area (Å²) in [4.78, 5) is 28.7. The number of carbonyl (C=O) groups is 2. The van der Waals surface area contributed by atoms with Crippen molar-refractivity contribution in [2.45, 2.75) is 31.5 Å². The van der Waals surface area contributed by atoms with Crippen LogP contribution in [-0.4, -0.2) is 50.5 Å². The van der Waals surface area contributed by atoms with Crippen molar-refractivity contribution in [3.8, 4) is 0 Å². The van der Waals surface area contributed by atoms with Crippen LogP contribution in [0.3, 0.4) is 0 Å². The second-order valence-electron chi connectivity index (χ2n) is 6.90. The van der Waals surface area contributed by atoms with Crippen LogP contribution < -0.4 is 5.32 Å². The zero-order chi connectivity index (χ0) is 20.3. The summed E-state index contributed by atoms with van der Waals surface area (Å²) in [6.45, 7) is 3.96. The molecule has 0 saturated heterocycles. The zero-order valence-corrected chi connectivity index (χ0v) is 17.1. The fraction of sp³-hybridized carbons (Fsp3) is 0.421. The lowest BCUT2D eigenvalue weighted by atomic mass is 10.0. The number of nitrogens with zero attached hydrogens (tertiary/aromatic N) is 4. The Morgan fingerprint density at radius 1 is 1.25 bits per heavy atom. The van der Waals surface area contributed by atoms with Crippen LogP contribution in [0.1, 0.15) is 20.3 Å². The first-order valence-corrected chi connectivity index (χ1v) is 9.97. The van der Waals surface area contributed by atoms with Crippen molar-refractivity contribution in [3.05, 3.63) is 24.3 Å². The molecule has 0 unspecified atom stereocenters. The predicted octanol–water partition coefficient (Wildman–Crippen LogP) is 2.31. The number of nitrogens with one attached hydrogen (secondary N) is 1. The molecule has 0 aliphatic rings. The van der Waals surface area contributed by atoms with Crippen molar-refractivity contribution < 1.29 is 14.3 Å². The summed E-state index contributed by atoms with van der Waals surface area (Å²) >= 11 is 1.18. The van der Waals surface area contributed by atoms with Gasteiger partial charge in [-0.25, -0.2) is 9.78 Å². The summed E-state index contributed by atoms with van der Waals surface area (Å²) in [5, 5.41) is 12.6. The van der Waals surface area contributed by atoms with Crippen LogP contribution in [0.2, 0.25) is 0 Å². The highest BCUT2D eigenvalue weighted by Crippen LogP contribution is 2.25. The van der Waals surface area contributed by atoms with E-state index in [-0.39, 0.29) is 17.6 Å². The van der Waals surface area contributed by atoms with E-state index in [1.807, 2.05) is 49.7 Å². The minimum absolute atomic E-state index is 0.0860. The summed E-state index contributed by atoms with van der Waals surface area (Å²) in [7, 11) is 3.24. The topological polar surface area (TPSA) is 99.0 Å². The average Bonchev–Trinajstić information content (AvgIpc) is 2.97. The fourth-order valence-electron chi connectivity index (χ4n) is 3.05. The van der Waals surface area contributed by atoms with Gasteiger partial charge in [-0.05, 0) is 18.4 Å². The van der Waals surface area contributed by atoms with Gasteiger partial charge in [0.25, 0.3) is 0 Å². The third-order valence-corrected chi connectivity index (χ3v) is 5.19. The number of fused-ring (bicyclic) bond motifs is 3. The van der Waals surface area contributed by atoms with E-state index in [9.17, 15) is 9.59 Å². The molecule has 3 aromatic rings. The van der Waals surface area contributed by atoms with Crippen molar-refractivity contribution in [2.24, 2.45) is 13.0 Å². The molecule has 28 heavy (non-hydrogen) atoms. The Kier molecular flexibility index (Phi) is 6.13. The van der Waals surface area contributed by atoms with Gasteiger partial charge in [-0.3, -0.25) is 4.79 Å². The maximum Gasteiger partial charge on any atom is 0.328 e. The van der Waals surface area contributed by atoms with Crippen LogP contribution in [0.5, 0.6) is 0 Å². The molecule has 0 radical (unpaired) electrons. The molecule has 1 N–H and O–H groups in total. The van der Waals surface area contributed by atoms with Gasteiger partial charge in [0, 0.05) is 12.4 Å². The highest BCUT2D eigenvalue weighted by molar-refractivity contribution is 7.99. The number of aryl methyl sites for hydroxylation is 1. The number of esters is 1. The van der Waals surface area contributed by atoms with Crippen LogP contribution >= 0.6 is 11.8 Å². The number of methoxy groups -OCH3 is 1. The molecular weight excluding hydrogens is 378 g/mol. The third-order valence-electron chi connectivity index (χ3n) is 4.35. The van der Waals surface area contributed by atoms with Crippen LogP contribution in [0.4, 0.5) is 0 Å². The SMILES string of the molecule is COC(=O)[C@H](CC(C)C)NC(=O)CSc1nnc2c3ccccc3n(C)c2n1. The molecule has 1 amide bonds. The number of carbonyl (C=O) groups excluding carboxylic acids is 2. The average molecular weight is 401 g/mol. The first-order chi connectivity index (χ1) is 13.4. The minimum atomic E-state index is -0.655. The van der Waals surface area contributed by atoms with Crippen LogP contribution in [-0.2, 0) is 21.4 Å². The Labute approximate surface area is 167 Å². The molecule has 1 atom stereocenters. The Balaban J connectivity index is 1.70. The van der Waals surface area contributed by atoms with E-state index in [0.717, 1.165) is 16.4 Å². The first-order valence-electron chi connectivity index (χ1n) is 8.98. The molecule has 8 nitrogen and oxygen atoms in total. The Hall–Kier alpha value is -2.68. The number of rotatable bonds is 7. The second-order valence-corrected chi connectivity index (χ2v) is 7.85. The standard InChI is InChI=1S/C19H23N5O3S/c1-11(2)9-13(18(26)27-4)20-15(25)10-28-19-21-17-16(22-23-19)12-7-5-6-8-14(12)24(17)3/h5-8,11,13H,9-10H2,1-4H3,(H,20,25)/t13-/m0/s1. The number of amides is 1. The quantitative estimate of drug-likeness (QED) is 0.479. The van der Waals surface area contributed by atoms with Gasteiger partial charge in [0.2, 0.25) is 11.1 Å². The van der Waals surface area contributed by atoms with E-state index in [1.165, 1.54) is 18.9 Å². The van der Waals surface area contributed by atoms with Gasteiger partial charge < -0.3 is 14.6 Å². The van der Waals surface area contributed by atoms with E-state index in [4.69, 9.17) is 4.74 Å². The molecule has 2 heterocycles. The van der Waals surface area contributed by atoms with Crippen molar-refractivity contribution >= 4 is 45.7 Å². The van der Waals surface area contributed by atoms with E-state index in [2.05, 4.69) is 20.5 Å². The van der Waals surface area contributed by atoms with Gasteiger partial charge in [0.15, 0.2) is 5.65 Å². The molecule has 0 fully saturated rings. The van der Waals surface area contributed by atoms with E-state index in [1.54, 1.807) is 0 Å². The molecule has 0 spiro atoms. The lowest BCUT2D eigenvalue weighted by molar-refractivity contribution is -0.145. The Bertz CT molecular complexity index is 1020. The molecular formula is C19H23N5O3S. The van der Waals surface area contributed by atoms with E-state index in [0.29, 0.717) is 17.2 Å². The van der Waals surface area contributed by atoms with Crippen molar-refractivity contribution in [1.29, 1.82) is 0 Å². The summed E-state index contributed by atoms with van der Waals surface area (Å²) in [6.07, 6.45) is 0.517. The van der Waals surface area contributed by atoms with Crippen LogP contribution in [0.15, 0.2) is 29.4 Å². The normalized spacial score (nSPS) is 12.5. The molecule has 0 aliphatic carbocycles. The van der Waals surface area contributed by atoms with E-state index < -0.39 is 12.0 Å². The van der Waals surface area contributed by atoms with E-state index >= 15 is 0 Å². The van der Waals surface area contributed by atoms with Gasteiger partial charge in [-0.1, -0.05) is 43.8 Å². The third kappa shape index (κ3) is 4.24. The van der Waals surface area contributed by atoms with Gasteiger partial charge in [-0.15, -0.1) is 10.2 Å². The van der Waals surface area contributed by atoms with Crippen LogP contribution in [0, 0.1) is 5.92 Å². The molecule has 0 aliphatic heterocycles. The zero-order valence-electron chi connectivity index (χ0n) is 16.3. The maximum absolute atomic E-state index is 12.3. The van der Waals surface area contributed by atoms with Crippen molar-refractivity contribution in [1.82, 2.24) is 25.1 Å². The Morgan fingerprint density at radius 3 is 2.71 bits per heavy atom. The Morgan fingerprint density at radius 2 is 2.00 bits per heavy atom. The highest BCUT2D eigenvalue weighted by Gasteiger charge is 2.23. The monoisotopic (exact) mass is 401 g/mol. The molecule has 9 heteroatoms. The van der Waals surface area contributed by atoms with Gasteiger partial charge in [0.1, 0.15) is 11.6 Å². The number of hydrogen-bond acceptors (Lipinski definition) is 7. The molecule has 0 saturated carbocycles. The molecule has 0 bridgehead atoms. The fourth-order valence-corrected chi connectivity index (χ4v) is 3.64. The van der Waals surface area contributed by atoms with Gasteiger partial charge >= 0.3 is 5.97 Å². The highest BCUT2D eigenvalue weighted by atomic mass is 32.2. The van der Waals surface area contributed by atoms with Crippen molar-refractivity contribution in [2.75, 3.05) is 12.9 Å². The lowest BCUT2D eigenvalue weighted by Gasteiger charge is -2.18. The molecule has 1 aromatic carbocycles. The molecule has 2 aromatic heterocycles. The number of benzene rings is 1. The van der Waals surface area contributed by atoms with Crippen molar-refractivity contribution in [3.63, 3.8) is 0 Å². The predicted molar refractivity (Wildman–Crippen MR) is 108 cm³/mol. The summed E-state index contributed by atoms with van der Waals surface area (Å²) < 4.78 is 6.73. The number of aromatic nitrogens is 4. The smallest absolute Gasteiger partial charge is 0.328 e. The molecule has 148 valence electrons. The number of para-hydroxylation sites is 1. The maximum atomic E-state index is 12.3. The van der Waals surface area contributed by atoms with Gasteiger partial charge in [-0.2, -0.15) is 0 Å². The number of hydrogen-bond donors (Lipinski definition) is 1. The second kappa shape index (κ2) is 8.55. The summed E-state index contributed by atoms with van der Waals surface area (Å²) in [6, 6.07) is 7.24. The van der Waals surface area contributed by atoms with Crippen LogP contribution in [0.25, 0.3) is 22.1 Å². The lowest BCUT2D eigenvalue weighted by Crippen LogP contribution is -2.43. The minimum Gasteiger partial charge on any atom is -0.467 e. The van der Waals surface area contributed by atoms with Gasteiger partial charge in [0.05, 0.1) is 18.4 Å². The summed E-state index contributed by atoms with van der Waals surface area (Å²) in [5.74, 6) is -0.384. The molecule has 3 rings (SSSR count). The largest absolute Gasteiger partial charge is 0.467 e. The number of ether oxygens (including phenoxy) is 1.